The molecule has 0 unspecified atom stereocenters. The smallest absolute Gasteiger partial charge is 0.152 e. The Morgan fingerprint density at radius 1 is 0.852 bits per heavy atom. The van der Waals surface area contributed by atoms with Crippen LogP contribution in [0.2, 0.25) is 0 Å². The fraction of sp³-hybridized carbons (Fsp3) is 0.429. The molecule has 2 aromatic rings. The molecule has 0 aromatic heterocycles. The molecule has 4 rings (SSSR count). The second-order valence-corrected chi connectivity index (χ2v) is 9.77. The molecule has 0 amide bonds. The minimum Gasteiger partial charge on any atom is -0.371 e. The van der Waals surface area contributed by atoms with Crippen LogP contribution in [0, 0.1) is 5.82 Å². The zero-order valence-electron chi connectivity index (χ0n) is 15.4. The molecule has 0 N–H and O–H groups in total. The van der Waals surface area contributed by atoms with E-state index in [9.17, 15) is 12.8 Å². The van der Waals surface area contributed by atoms with E-state index in [-0.39, 0.29) is 5.82 Å². The largest absolute Gasteiger partial charge is 0.371 e. The highest BCUT2D eigenvalue weighted by atomic mass is 32.2. The fourth-order valence-corrected chi connectivity index (χ4v) is 5.33. The van der Waals surface area contributed by atoms with E-state index in [1.807, 2.05) is 12.1 Å². The second kappa shape index (κ2) is 7.60. The molecule has 144 valence electrons. The van der Waals surface area contributed by atoms with Gasteiger partial charge in [0.15, 0.2) is 9.84 Å². The fourth-order valence-electron chi connectivity index (χ4n) is 4.11. The van der Waals surface area contributed by atoms with Gasteiger partial charge in [0.05, 0.1) is 11.5 Å². The lowest BCUT2D eigenvalue weighted by atomic mass is 10.0. The van der Waals surface area contributed by atoms with E-state index in [0.717, 1.165) is 37.1 Å². The van der Waals surface area contributed by atoms with Crippen LogP contribution in [0.25, 0.3) is 11.1 Å². The molecule has 4 nitrogen and oxygen atoms in total. The van der Waals surface area contributed by atoms with Crippen molar-refractivity contribution in [2.75, 3.05) is 42.6 Å². The van der Waals surface area contributed by atoms with Crippen LogP contribution in [0.3, 0.4) is 0 Å². The summed E-state index contributed by atoms with van der Waals surface area (Å²) in [5, 5.41) is 0. The zero-order chi connectivity index (χ0) is 18.9. The second-order valence-electron chi connectivity index (χ2n) is 7.46. The summed E-state index contributed by atoms with van der Waals surface area (Å²) in [6.07, 6.45) is 2.11. The summed E-state index contributed by atoms with van der Waals surface area (Å²) in [7, 11) is -2.82. The number of hydrogen-bond donors (Lipinski definition) is 0. The molecule has 0 spiro atoms. The van der Waals surface area contributed by atoms with Crippen molar-refractivity contribution in [2.45, 2.75) is 18.9 Å². The molecule has 0 bridgehead atoms. The highest BCUT2D eigenvalue weighted by Gasteiger charge is 2.29. The van der Waals surface area contributed by atoms with Crippen molar-refractivity contribution in [1.82, 2.24) is 4.90 Å². The van der Waals surface area contributed by atoms with Crippen molar-refractivity contribution in [3.05, 3.63) is 54.3 Å². The maximum absolute atomic E-state index is 13.2. The maximum Gasteiger partial charge on any atom is 0.152 e. The lowest BCUT2D eigenvalue weighted by Gasteiger charge is -2.40. The third kappa shape index (κ3) is 4.33. The number of anilines is 1. The van der Waals surface area contributed by atoms with Crippen molar-refractivity contribution < 1.29 is 12.8 Å². The standard InChI is InChI=1S/C21H25FN2O2S/c22-19-6-4-17(5-7-19)18-2-1-3-21(16-18)23-10-8-20(9-11-23)24-12-14-27(25,26)15-13-24/h1-7,16,20H,8-15H2. The van der Waals surface area contributed by atoms with Gasteiger partial charge in [-0.25, -0.2) is 12.8 Å². The molecule has 0 atom stereocenters. The van der Waals surface area contributed by atoms with Crippen molar-refractivity contribution in [3.8, 4) is 11.1 Å². The first-order valence-corrected chi connectivity index (χ1v) is 11.4. The van der Waals surface area contributed by atoms with Gasteiger partial charge in [0.25, 0.3) is 0 Å². The molecule has 2 saturated heterocycles. The highest BCUT2D eigenvalue weighted by molar-refractivity contribution is 7.91. The summed E-state index contributed by atoms with van der Waals surface area (Å²) in [6.45, 7) is 3.29. The predicted octanol–water partition coefficient (Wildman–Crippen LogP) is 3.19. The Hall–Kier alpha value is -1.92. The van der Waals surface area contributed by atoms with Gasteiger partial charge < -0.3 is 4.90 Å². The number of hydrogen-bond acceptors (Lipinski definition) is 4. The van der Waals surface area contributed by atoms with Gasteiger partial charge in [0, 0.05) is 37.9 Å². The van der Waals surface area contributed by atoms with Crippen LogP contribution < -0.4 is 4.90 Å². The third-order valence-electron chi connectivity index (χ3n) is 5.75. The van der Waals surface area contributed by atoms with E-state index < -0.39 is 9.84 Å². The van der Waals surface area contributed by atoms with Crippen molar-refractivity contribution in [2.24, 2.45) is 0 Å². The van der Waals surface area contributed by atoms with Crippen LogP contribution in [0.4, 0.5) is 10.1 Å². The number of nitrogens with zero attached hydrogens (tertiary/aromatic N) is 2. The Morgan fingerprint density at radius 2 is 1.52 bits per heavy atom. The van der Waals surface area contributed by atoms with E-state index in [2.05, 4.69) is 34.1 Å². The van der Waals surface area contributed by atoms with Gasteiger partial charge in [-0.3, -0.25) is 4.90 Å². The third-order valence-corrected chi connectivity index (χ3v) is 7.36. The summed E-state index contributed by atoms with van der Waals surface area (Å²) >= 11 is 0. The summed E-state index contributed by atoms with van der Waals surface area (Å²) in [6, 6.07) is 15.5. The van der Waals surface area contributed by atoms with Crippen molar-refractivity contribution in [3.63, 3.8) is 0 Å². The van der Waals surface area contributed by atoms with Gasteiger partial charge in [-0.2, -0.15) is 0 Å². The Balaban J connectivity index is 1.40. The first kappa shape index (κ1) is 18.4. The topological polar surface area (TPSA) is 40.6 Å². The molecule has 2 aliphatic rings. The van der Waals surface area contributed by atoms with Crippen LogP contribution >= 0.6 is 0 Å². The molecule has 2 heterocycles. The summed E-state index contributed by atoms with van der Waals surface area (Å²) in [5.74, 6) is 0.377. The monoisotopic (exact) mass is 388 g/mol. The van der Waals surface area contributed by atoms with Gasteiger partial charge in [-0.05, 0) is 48.2 Å². The number of rotatable bonds is 3. The van der Waals surface area contributed by atoms with Crippen LogP contribution in [-0.4, -0.2) is 57.0 Å². The summed E-state index contributed by atoms with van der Waals surface area (Å²) in [5.41, 5.74) is 3.30. The van der Waals surface area contributed by atoms with Crippen molar-refractivity contribution in [1.29, 1.82) is 0 Å². The van der Waals surface area contributed by atoms with E-state index >= 15 is 0 Å². The number of piperidine rings is 1. The minimum absolute atomic E-state index is 0.220. The maximum atomic E-state index is 13.2. The molecule has 0 saturated carbocycles. The average Bonchev–Trinajstić information content (AvgIpc) is 2.69. The van der Waals surface area contributed by atoms with Crippen LogP contribution in [0.5, 0.6) is 0 Å². The predicted molar refractivity (Wildman–Crippen MR) is 107 cm³/mol. The SMILES string of the molecule is O=S1(=O)CCN(C2CCN(c3cccc(-c4ccc(F)cc4)c3)CC2)CC1. The van der Waals surface area contributed by atoms with Crippen LogP contribution in [0.1, 0.15) is 12.8 Å². The lowest BCUT2D eigenvalue weighted by Crippen LogP contribution is -2.50. The van der Waals surface area contributed by atoms with Gasteiger partial charge in [-0.15, -0.1) is 0 Å². The van der Waals surface area contributed by atoms with Gasteiger partial charge in [0.1, 0.15) is 5.82 Å². The molecule has 2 aromatic carbocycles. The minimum atomic E-state index is -2.82. The summed E-state index contributed by atoms with van der Waals surface area (Å²) < 4.78 is 36.4. The number of halogens is 1. The number of sulfone groups is 1. The first-order chi connectivity index (χ1) is 13.0. The Bertz CT molecular complexity index is 877. The molecular formula is C21H25FN2O2S. The van der Waals surface area contributed by atoms with Gasteiger partial charge in [-0.1, -0.05) is 24.3 Å². The Labute approximate surface area is 160 Å². The quantitative estimate of drug-likeness (QED) is 0.810. The van der Waals surface area contributed by atoms with E-state index in [4.69, 9.17) is 0 Å². The molecule has 27 heavy (non-hydrogen) atoms. The highest BCUT2D eigenvalue weighted by Crippen LogP contribution is 2.28. The number of benzene rings is 2. The van der Waals surface area contributed by atoms with E-state index in [1.54, 1.807) is 0 Å². The molecule has 2 aliphatic heterocycles. The molecular weight excluding hydrogens is 363 g/mol. The van der Waals surface area contributed by atoms with Crippen molar-refractivity contribution >= 4 is 15.5 Å². The van der Waals surface area contributed by atoms with E-state index in [0.29, 0.717) is 30.6 Å². The average molecular weight is 389 g/mol. The molecule has 6 heteroatoms. The normalized spacial score (nSPS) is 21.3. The Morgan fingerprint density at radius 3 is 2.19 bits per heavy atom. The zero-order valence-corrected chi connectivity index (χ0v) is 16.2. The van der Waals surface area contributed by atoms with Crippen LogP contribution in [-0.2, 0) is 9.84 Å². The van der Waals surface area contributed by atoms with Crippen LogP contribution in [0.15, 0.2) is 48.5 Å². The van der Waals surface area contributed by atoms with E-state index in [1.165, 1.54) is 17.8 Å². The summed E-state index contributed by atoms with van der Waals surface area (Å²) in [4.78, 5) is 4.75. The first-order valence-electron chi connectivity index (χ1n) is 9.56. The van der Waals surface area contributed by atoms with Gasteiger partial charge >= 0.3 is 0 Å². The lowest BCUT2D eigenvalue weighted by molar-refractivity contribution is 0.182. The molecule has 0 aliphatic carbocycles. The molecule has 2 fully saturated rings. The van der Waals surface area contributed by atoms with Gasteiger partial charge in [0.2, 0.25) is 0 Å². The molecule has 0 radical (unpaired) electrons. The Kier molecular flexibility index (Phi) is 5.19.